The van der Waals surface area contributed by atoms with Crippen molar-refractivity contribution < 1.29 is 13.6 Å². The molecule has 3 aromatic rings. The Morgan fingerprint density at radius 1 is 1.22 bits per heavy atom. The summed E-state index contributed by atoms with van der Waals surface area (Å²) in [5.74, 6) is 0.413. The van der Waals surface area contributed by atoms with Gasteiger partial charge in [-0.05, 0) is 56.3 Å². The van der Waals surface area contributed by atoms with Crippen molar-refractivity contribution >= 4 is 32.8 Å². The van der Waals surface area contributed by atoms with E-state index in [1.165, 1.54) is 6.07 Å². The third-order valence-corrected chi connectivity index (χ3v) is 5.32. The molecule has 7 heteroatoms. The normalized spacial score (nSPS) is 15.9. The zero-order valence-electron chi connectivity index (χ0n) is 14.6. The number of amides is 1. The first-order valence-corrected chi connectivity index (χ1v) is 9.70. The number of halogens is 1. The number of nitrogens with one attached hydrogen (secondary N) is 1. The molecule has 0 bridgehead atoms. The van der Waals surface area contributed by atoms with Crippen LogP contribution in [-0.4, -0.2) is 30.4 Å². The van der Waals surface area contributed by atoms with E-state index in [4.69, 9.17) is 8.83 Å². The molecule has 1 atom stereocenters. The van der Waals surface area contributed by atoms with Gasteiger partial charge in [0.1, 0.15) is 11.3 Å². The number of benzene rings is 1. The maximum absolute atomic E-state index is 12.6. The van der Waals surface area contributed by atoms with Gasteiger partial charge in [-0.25, -0.2) is 0 Å². The van der Waals surface area contributed by atoms with Crippen LogP contribution < -0.4 is 10.7 Å². The summed E-state index contributed by atoms with van der Waals surface area (Å²) in [4.78, 5) is 27.2. The van der Waals surface area contributed by atoms with Crippen molar-refractivity contribution in [2.45, 2.75) is 18.9 Å². The average molecular weight is 431 g/mol. The summed E-state index contributed by atoms with van der Waals surface area (Å²) in [5.41, 5.74) is 0.139. The minimum atomic E-state index is -0.412. The van der Waals surface area contributed by atoms with Crippen LogP contribution in [0.25, 0.3) is 11.0 Å². The topological polar surface area (TPSA) is 75.7 Å². The predicted molar refractivity (Wildman–Crippen MR) is 105 cm³/mol. The molecule has 27 heavy (non-hydrogen) atoms. The molecule has 140 valence electrons. The molecule has 1 aromatic carbocycles. The molecule has 1 amide bonds. The van der Waals surface area contributed by atoms with Crippen LogP contribution in [0, 0.1) is 0 Å². The number of carbonyl (C=O) groups excluding carboxylic acids is 1. The van der Waals surface area contributed by atoms with Gasteiger partial charge < -0.3 is 14.2 Å². The number of hydrogen-bond donors (Lipinski definition) is 1. The Kier molecular flexibility index (Phi) is 5.13. The highest BCUT2D eigenvalue weighted by Gasteiger charge is 2.26. The molecule has 1 aliphatic heterocycles. The van der Waals surface area contributed by atoms with Crippen molar-refractivity contribution in [3.8, 4) is 0 Å². The minimum absolute atomic E-state index is 0.00483. The van der Waals surface area contributed by atoms with Crippen molar-refractivity contribution in [2.24, 2.45) is 0 Å². The second kappa shape index (κ2) is 7.70. The molecule has 6 nitrogen and oxygen atoms in total. The molecule has 0 radical (unpaired) electrons. The summed E-state index contributed by atoms with van der Waals surface area (Å²) >= 11 is 3.35. The standard InChI is InChI=1S/C20H19BrN2O4/c21-13-5-6-14-16(24)11-19(27-18(14)10-13)20(25)22-12-15(17-4-3-9-26-17)23-7-1-2-8-23/h3-6,9-11,15H,1-2,7-8,12H2,(H,22,25)/t15-/m1/s1. The van der Waals surface area contributed by atoms with E-state index in [0.29, 0.717) is 17.5 Å². The lowest BCUT2D eigenvalue weighted by molar-refractivity contribution is 0.0906. The van der Waals surface area contributed by atoms with Crippen LogP contribution in [0.5, 0.6) is 0 Å². The molecule has 1 aliphatic rings. The molecule has 0 aliphatic carbocycles. The molecule has 0 spiro atoms. The van der Waals surface area contributed by atoms with Gasteiger partial charge in [-0.1, -0.05) is 15.9 Å². The fourth-order valence-electron chi connectivity index (χ4n) is 3.46. The third kappa shape index (κ3) is 3.84. The molecule has 1 saturated heterocycles. The van der Waals surface area contributed by atoms with Crippen LogP contribution >= 0.6 is 15.9 Å². The lowest BCUT2D eigenvalue weighted by Crippen LogP contribution is -2.36. The second-order valence-electron chi connectivity index (χ2n) is 6.60. The molecular weight excluding hydrogens is 412 g/mol. The van der Waals surface area contributed by atoms with Gasteiger partial charge in [-0.2, -0.15) is 0 Å². The van der Waals surface area contributed by atoms with E-state index >= 15 is 0 Å². The quantitative estimate of drug-likeness (QED) is 0.667. The molecule has 1 fully saturated rings. The molecule has 3 heterocycles. The van der Waals surface area contributed by atoms with Gasteiger partial charge in [0.25, 0.3) is 5.91 Å². The Hall–Kier alpha value is -2.38. The Morgan fingerprint density at radius 3 is 2.78 bits per heavy atom. The van der Waals surface area contributed by atoms with Gasteiger partial charge in [0.15, 0.2) is 11.2 Å². The number of carbonyl (C=O) groups is 1. The highest BCUT2D eigenvalue weighted by atomic mass is 79.9. The maximum Gasteiger partial charge on any atom is 0.287 e. The maximum atomic E-state index is 12.6. The van der Waals surface area contributed by atoms with Crippen molar-refractivity contribution in [1.82, 2.24) is 10.2 Å². The van der Waals surface area contributed by atoms with Crippen LogP contribution in [-0.2, 0) is 0 Å². The molecule has 2 aromatic heterocycles. The number of hydrogen-bond acceptors (Lipinski definition) is 5. The summed E-state index contributed by atoms with van der Waals surface area (Å²) in [7, 11) is 0. The zero-order valence-corrected chi connectivity index (χ0v) is 16.2. The number of furan rings is 1. The highest BCUT2D eigenvalue weighted by molar-refractivity contribution is 9.10. The van der Waals surface area contributed by atoms with E-state index in [1.807, 2.05) is 12.1 Å². The molecule has 0 saturated carbocycles. The first-order valence-electron chi connectivity index (χ1n) is 8.91. The fraction of sp³-hybridized carbons (Fsp3) is 0.300. The third-order valence-electron chi connectivity index (χ3n) is 4.82. The molecule has 0 unspecified atom stereocenters. The number of likely N-dealkylation sites (tertiary alicyclic amines) is 1. The predicted octanol–water partition coefficient (Wildman–Crippen LogP) is 3.72. The van der Waals surface area contributed by atoms with Gasteiger partial charge in [0, 0.05) is 17.1 Å². The van der Waals surface area contributed by atoms with Crippen molar-refractivity contribution in [1.29, 1.82) is 0 Å². The summed E-state index contributed by atoms with van der Waals surface area (Å²) in [5, 5.41) is 3.33. The van der Waals surface area contributed by atoms with Crippen LogP contribution in [0.3, 0.4) is 0 Å². The number of fused-ring (bicyclic) bond motifs is 1. The van der Waals surface area contributed by atoms with Crippen LogP contribution in [0.4, 0.5) is 0 Å². The van der Waals surface area contributed by atoms with Crippen molar-refractivity contribution in [3.05, 3.63) is 68.9 Å². The number of nitrogens with zero attached hydrogens (tertiary/aromatic N) is 1. The minimum Gasteiger partial charge on any atom is -0.468 e. The Morgan fingerprint density at radius 2 is 2.04 bits per heavy atom. The van der Waals surface area contributed by atoms with E-state index in [-0.39, 0.29) is 17.2 Å². The van der Waals surface area contributed by atoms with Gasteiger partial charge >= 0.3 is 0 Å². The van der Waals surface area contributed by atoms with Crippen LogP contribution in [0.15, 0.2) is 60.8 Å². The first-order chi connectivity index (χ1) is 13.1. The zero-order chi connectivity index (χ0) is 18.8. The summed E-state index contributed by atoms with van der Waals surface area (Å²) in [6.45, 7) is 2.33. The fourth-order valence-corrected chi connectivity index (χ4v) is 3.80. The van der Waals surface area contributed by atoms with Crippen LogP contribution in [0.1, 0.15) is 35.2 Å². The Bertz CT molecular complexity index is 1010. The van der Waals surface area contributed by atoms with Crippen molar-refractivity contribution in [3.63, 3.8) is 0 Å². The first kappa shape index (κ1) is 18.0. The van der Waals surface area contributed by atoms with Crippen LogP contribution in [0.2, 0.25) is 0 Å². The lowest BCUT2D eigenvalue weighted by Gasteiger charge is -2.25. The van der Waals surface area contributed by atoms with Gasteiger partial charge in [0.2, 0.25) is 0 Å². The Labute approximate surface area is 164 Å². The Balaban J connectivity index is 1.54. The molecule has 1 N–H and O–H groups in total. The smallest absolute Gasteiger partial charge is 0.287 e. The van der Waals surface area contributed by atoms with Gasteiger partial charge in [0.05, 0.1) is 17.7 Å². The van der Waals surface area contributed by atoms with Gasteiger partial charge in [-0.15, -0.1) is 0 Å². The molecular formula is C20H19BrN2O4. The second-order valence-corrected chi connectivity index (χ2v) is 7.52. The molecule has 4 rings (SSSR count). The summed E-state index contributed by atoms with van der Waals surface area (Å²) < 4.78 is 12.0. The number of rotatable bonds is 5. The van der Waals surface area contributed by atoms with E-state index in [1.54, 1.807) is 24.5 Å². The summed E-state index contributed by atoms with van der Waals surface area (Å²) in [6.07, 6.45) is 3.92. The van der Waals surface area contributed by atoms with E-state index in [0.717, 1.165) is 36.2 Å². The van der Waals surface area contributed by atoms with E-state index in [2.05, 4.69) is 26.1 Å². The van der Waals surface area contributed by atoms with Gasteiger partial charge in [-0.3, -0.25) is 14.5 Å². The highest BCUT2D eigenvalue weighted by Crippen LogP contribution is 2.25. The lowest BCUT2D eigenvalue weighted by atomic mass is 10.2. The summed E-state index contributed by atoms with van der Waals surface area (Å²) in [6, 6.07) is 10.1. The van der Waals surface area contributed by atoms with E-state index < -0.39 is 5.91 Å². The average Bonchev–Trinajstić information content (AvgIpc) is 3.35. The largest absolute Gasteiger partial charge is 0.468 e. The van der Waals surface area contributed by atoms with Crippen molar-refractivity contribution in [2.75, 3.05) is 19.6 Å². The van der Waals surface area contributed by atoms with E-state index in [9.17, 15) is 9.59 Å². The SMILES string of the molecule is O=C(NC[C@H](c1ccco1)N1CCCC1)c1cc(=O)c2ccc(Br)cc2o1. The monoisotopic (exact) mass is 430 g/mol.